The molecule has 5 heteroatoms. The highest BCUT2D eigenvalue weighted by Gasteiger charge is 2.43. The predicted molar refractivity (Wildman–Crippen MR) is 88.3 cm³/mol. The van der Waals surface area contributed by atoms with Gasteiger partial charge in [-0.1, -0.05) is 12.1 Å². The first kappa shape index (κ1) is 15.7. The second-order valence-corrected chi connectivity index (χ2v) is 7.31. The molecular formula is C18H23N3O2. The smallest absolute Gasteiger partial charge is 0.410 e. The molecule has 2 aliphatic rings. The van der Waals surface area contributed by atoms with Gasteiger partial charge in [0.15, 0.2) is 0 Å². The van der Waals surface area contributed by atoms with E-state index in [4.69, 9.17) is 4.74 Å². The number of para-hydroxylation sites is 1. The first-order chi connectivity index (χ1) is 10.9. The van der Waals surface area contributed by atoms with Gasteiger partial charge in [0, 0.05) is 25.2 Å². The van der Waals surface area contributed by atoms with E-state index in [1.807, 2.05) is 49.9 Å². The second-order valence-electron chi connectivity index (χ2n) is 7.31. The first-order valence-corrected chi connectivity index (χ1v) is 8.14. The zero-order valence-corrected chi connectivity index (χ0v) is 14.0. The molecule has 0 aromatic heterocycles. The van der Waals surface area contributed by atoms with Gasteiger partial charge in [-0.05, 0) is 45.7 Å². The third-order valence-electron chi connectivity index (χ3n) is 4.44. The molecule has 2 unspecified atom stereocenters. The van der Waals surface area contributed by atoms with Crippen molar-refractivity contribution >= 4 is 11.8 Å². The average Bonchev–Trinajstić information content (AvgIpc) is 2.74. The second kappa shape index (κ2) is 5.77. The molecule has 2 saturated heterocycles. The van der Waals surface area contributed by atoms with E-state index in [1.165, 1.54) is 0 Å². The number of piperazine rings is 1. The molecule has 1 aromatic rings. The van der Waals surface area contributed by atoms with Crippen molar-refractivity contribution in [3.63, 3.8) is 0 Å². The number of amides is 1. The molecule has 2 atom stereocenters. The van der Waals surface area contributed by atoms with Gasteiger partial charge in [0.1, 0.15) is 11.7 Å². The van der Waals surface area contributed by atoms with Gasteiger partial charge in [-0.25, -0.2) is 4.79 Å². The number of nitrogens with zero attached hydrogens (tertiary/aromatic N) is 3. The monoisotopic (exact) mass is 313 g/mol. The maximum atomic E-state index is 12.3. The summed E-state index contributed by atoms with van der Waals surface area (Å²) in [5, 5.41) is 9.35. The van der Waals surface area contributed by atoms with Crippen LogP contribution in [-0.4, -0.2) is 41.8 Å². The molecule has 122 valence electrons. The minimum absolute atomic E-state index is 0.234. The molecule has 5 nitrogen and oxygen atoms in total. The van der Waals surface area contributed by atoms with Crippen molar-refractivity contribution in [2.45, 2.75) is 51.3 Å². The summed E-state index contributed by atoms with van der Waals surface area (Å²) in [6.45, 7) is 6.98. The summed E-state index contributed by atoms with van der Waals surface area (Å²) >= 11 is 0. The maximum absolute atomic E-state index is 12.3. The SMILES string of the molecule is CC(C)(C)OC(=O)N1CC2CCC(C1)N2c1ccccc1C#N. The predicted octanol–water partition coefficient (Wildman–Crippen LogP) is 3.15. The standard InChI is InChI=1S/C18H23N3O2/c1-18(2,3)23-17(22)20-11-14-8-9-15(12-20)21(14)16-7-5-4-6-13(16)10-19/h4-7,14-15H,8-9,11-12H2,1-3H3. The van der Waals surface area contributed by atoms with Gasteiger partial charge in [-0.2, -0.15) is 5.26 Å². The Labute approximate surface area is 137 Å². The van der Waals surface area contributed by atoms with Crippen molar-refractivity contribution in [3.8, 4) is 6.07 Å². The molecule has 3 rings (SSSR count). The summed E-state index contributed by atoms with van der Waals surface area (Å²) in [6, 6.07) is 10.5. The van der Waals surface area contributed by atoms with E-state index in [0.717, 1.165) is 18.5 Å². The Hall–Kier alpha value is -2.22. The van der Waals surface area contributed by atoms with Crippen molar-refractivity contribution < 1.29 is 9.53 Å². The molecule has 0 aliphatic carbocycles. The minimum atomic E-state index is -0.472. The molecule has 23 heavy (non-hydrogen) atoms. The van der Waals surface area contributed by atoms with E-state index < -0.39 is 5.60 Å². The lowest BCUT2D eigenvalue weighted by atomic mass is 10.1. The third-order valence-corrected chi connectivity index (χ3v) is 4.44. The molecular weight excluding hydrogens is 290 g/mol. The Morgan fingerprint density at radius 2 is 1.83 bits per heavy atom. The quantitative estimate of drug-likeness (QED) is 0.799. The molecule has 0 spiro atoms. The Morgan fingerprint density at radius 1 is 1.22 bits per heavy atom. The molecule has 0 saturated carbocycles. The number of hydrogen-bond donors (Lipinski definition) is 0. The van der Waals surface area contributed by atoms with Gasteiger partial charge in [-0.15, -0.1) is 0 Å². The zero-order valence-electron chi connectivity index (χ0n) is 14.0. The van der Waals surface area contributed by atoms with Crippen LogP contribution in [0.15, 0.2) is 24.3 Å². The minimum Gasteiger partial charge on any atom is -0.444 e. The Balaban J connectivity index is 1.78. The Morgan fingerprint density at radius 3 is 2.39 bits per heavy atom. The van der Waals surface area contributed by atoms with E-state index in [0.29, 0.717) is 18.7 Å². The van der Waals surface area contributed by atoms with Crippen LogP contribution in [0.25, 0.3) is 0 Å². The van der Waals surface area contributed by atoms with Crippen LogP contribution >= 0.6 is 0 Å². The van der Waals surface area contributed by atoms with Crippen LogP contribution in [0, 0.1) is 11.3 Å². The fraction of sp³-hybridized carbons (Fsp3) is 0.556. The lowest BCUT2D eigenvalue weighted by molar-refractivity contribution is 0.0209. The largest absolute Gasteiger partial charge is 0.444 e. The summed E-state index contributed by atoms with van der Waals surface area (Å²) in [7, 11) is 0. The number of rotatable bonds is 1. The summed E-state index contributed by atoms with van der Waals surface area (Å²) in [5.74, 6) is 0. The Kier molecular flexibility index (Phi) is 3.93. The number of carbonyl (C=O) groups is 1. The number of hydrogen-bond acceptors (Lipinski definition) is 4. The number of ether oxygens (including phenoxy) is 1. The van der Waals surface area contributed by atoms with Crippen LogP contribution in [0.5, 0.6) is 0 Å². The van der Waals surface area contributed by atoms with E-state index >= 15 is 0 Å². The zero-order chi connectivity index (χ0) is 16.6. The van der Waals surface area contributed by atoms with E-state index in [1.54, 1.807) is 0 Å². The van der Waals surface area contributed by atoms with Gasteiger partial charge < -0.3 is 14.5 Å². The molecule has 0 N–H and O–H groups in total. The molecule has 2 fully saturated rings. The molecule has 2 heterocycles. The number of anilines is 1. The van der Waals surface area contributed by atoms with Crippen LogP contribution in [0.2, 0.25) is 0 Å². The molecule has 1 aromatic carbocycles. The highest BCUT2D eigenvalue weighted by Crippen LogP contribution is 2.36. The lowest BCUT2D eigenvalue weighted by Gasteiger charge is -2.42. The summed E-state index contributed by atoms with van der Waals surface area (Å²) < 4.78 is 5.50. The maximum Gasteiger partial charge on any atom is 0.410 e. The van der Waals surface area contributed by atoms with Gasteiger partial charge >= 0.3 is 6.09 Å². The first-order valence-electron chi connectivity index (χ1n) is 8.14. The van der Waals surface area contributed by atoms with Gasteiger partial charge in [0.25, 0.3) is 0 Å². The highest BCUT2D eigenvalue weighted by atomic mass is 16.6. The molecule has 1 amide bonds. The molecule has 0 radical (unpaired) electrons. The normalized spacial score (nSPS) is 23.6. The fourth-order valence-electron chi connectivity index (χ4n) is 3.57. The van der Waals surface area contributed by atoms with Crippen LogP contribution in [0.4, 0.5) is 10.5 Å². The number of likely N-dealkylation sites (tertiary alicyclic amines) is 1. The van der Waals surface area contributed by atoms with E-state index in [9.17, 15) is 10.1 Å². The van der Waals surface area contributed by atoms with Gasteiger partial charge in [0.2, 0.25) is 0 Å². The fourth-order valence-corrected chi connectivity index (χ4v) is 3.57. The van der Waals surface area contributed by atoms with Crippen LogP contribution in [0.3, 0.4) is 0 Å². The Bertz CT molecular complexity index is 630. The van der Waals surface area contributed by atoms with Crippen molar-refractivity contribution in [1.29, 1.82) is 5.26 Å². The van der Waals surface area contributed by atoms with E-state index in [-0.39, 0.29) is 18.2 Å². The molecule has 2 bridgehead atoms. The lowest BCUT2D eigenvalue weighted by Crippen LogP contribution is -2.56. The highest BCUT2D eigenvalue weighted by molar-refractivity contribution is 5.70. The number of benzene rings is 1. The van der Waals surface area contributed by atoms with Crippen LogP contribution in [-0.2, 0) is 4.74 Å². The summed E-state index contributed by atoms with van der Waals surface area (Å²) in [4.78, 5) is 16.5. The number of nitriles is 1. The van der Waals surface area contributed by atoms with Crippen molar-refractivity contribution in [1.82, 2.24) is 4.90 Å². The van der Waals surface area contributed by atoms with Crippen molar-refractivity contribution in [3.05, 3.63) is 29.8 Å². The van der Waals surface area contributed by atoms with Crippen molar-refractivity contribution in [2.75, 3.05) is 18.0 Å². The third kappa shape index (κ3) is 3.12. The summed E-state index contributed by atoms with van der Waals surface area (Å²) in [6.07, 6.45) is 1.86. The van der Waals surface area contributed by atoms with Crippen LogP contribution in [0.1, 0.15) is 39.2 Å². The van der Waals surface area contributed by atoms with Gasteiger partial charge in [-0.3, -0.25) is 0 Å². The van der Waals surface area contributed by atoms with E-state index in [2.05, 4.69) is 11.0 Å². The number of carbonyl (C=O) groups excluding carboxylic acids is 1. The van der Waals surface area contributed by atoms with Gasteiger partial charge in [0.05, 0.1) is 11.3 Å². The number of fused-ring (bicyclic) bond motifs is 2. The summed E-state index contributed by atoms with van der Waals surface area (Å²) in [5.41, 5.74) is 1.22. The van der Waals surface area contributed by atoms with Crippen molar-refractivity contribution in [2.24, 2.45) is 0 Å². The topological polar surface area (TPSA) is 56.6 Å². The average molecular weight is 313 g/mol. The molecule has 2 aliphatic heterocycles. The van der Waals surface area contributed by atoms with Crippen LogP contribution < -0.4 is 4.90 Å².